The number of nitrogens with zero attached hydrogens (tertiary/aromatic N) is 24. The van der Waals surface area contributed by atoms with E-state index in [-0.39, 0.29) is 119 Å². The third-order valence-corrected chi connectivity index (χ3v) is 24.9. The molecule has 0 aromatic carbocycles. The van der Waals surface area contributed by atoms with Crippen molar-refractivity contribution in [1.82, 2.24) is 108 Å². The molecule has 6 fully saturated rings. The van der Waals surface area contributed by atoms with Gasteiger partial charge in [-0.1, -0.05) is 18.2 Å². The minimum Gasteiger partial charge on any atom is -0.453 e. The summed E-state index contributed by atoms with van der Waals surface area (Å²) in [5.74, 6) is -0.191. The Bertz CT molecular complexity index is 5790. The molecular formula is C96H123F9N28O10. The molecule has 15 rings (SSSR count). The molecule has 9 aromatic heterocycles. The maximum absolute atomic E-state index is 14.3. The van der Waals surface area contributed by atoms with Crippen molar-refractivity contribution >= 4 is 98.8 Å². The number of aromatic nitrogens is 12. The first-order chi connectivity index (χ1) is 68.3. The van der Waals surface area contributed by atoms with Gasteiger partial charge in [-0.3, -0.25) is 54.1 Å². The number of pyridine rings is 3. The molecule has 5 N–H and O–H groups in total. The lowest BCUT2D eigenvalue weighted by molar-refractivity contribution is -0.137. The minimum absolute atomic E-state index is 0.0250. The van der Waals surface area contributed by atoms with Crippen molar-refractivity contribution < 1.29 is 87.3 Å². The molecule has 9 aromatic rings. The quantitative estimate of drug-likeness (QED) is 0.0232. The van der Waals surface area contributed by atoms with Crippen LogP contribution in [0.5, 0.6) is 0 Å². The van der Waals surface area contributed by atoms with E-state index in [0.717, 1.165) is 144 Å². The zero-order valence-corrected chi connectivity index (χ0v) is 81.6. The number of piperazine rings is 3. The van der Waals surface area contributed by atoms with Gasteiger partial charge in [0.1, 0.15) is 34.0 Å². The number of piperidine rings is 3. The number of amides is 6. The van der Waals surface area contributed by atoms with Crippen LogP contribution < -0.4 is 36.4 Å². The second kappa shape index (κ2) is 49.1. The lowest BCUT2D eigenvalue weighted by atomic mass is 10.1. The fourth-order valence-corrected chi connectivity index (χ4v) is 17.5. The van der Waals surface area contributed by atoms with E-state index < -0.39 is 47.4 Å². The first kappa shape index (κ1) is 107. The molecule has 0 bridgehead atoms. The van der Waals surface area contributed by atoms with Crippen LogP contribution in [0.1, 0.15) is 117 Å². The Kier molecular flexibility index (Phi) is 36.7. The minimum atomic E-state index is -4.78. The van der Waals surface area contributed by atoms with Gasteiger partial charge in [-0.15, -0.1) is 15.3 Å². The fraction of sp³-hybridized carbons (Fsp3) is 0.510. The van der Waals surface area contributed by atoms with Crippen molar-refractivity contribution in [2.24, 2.45) is 0 Å². The van der Waals surface area contributed by atoms with Crippen molar-refractivity contribution in [2.75, 3.05) is 232 Å². The monoisotopic (exact) mass is 2000 g/mol. The molecular weight excluding hydrogens is 1880 g/mol. The number of hydrogen-bond acceptors (Lipinski definition) is 29. The lowest BCUT2D eigenvalue weighted by Gasteiger charge is -2.34. The number of nitrogens with two attached hydrogens (primary N) is 1. The SMILES string of the molecule is CN(C)C/C=C/C(=O)CCC(=O)N1CCN(Cc2cc3c(N4CCCCC4)nc(-c4cnc(N)cc4C(F)(F)F)nn3c2)CC1.COC(=O)Nc1cc(C(F)(F)F)c(-c2nc(N3CCCCC3)c3cc(CN4CCN(C(=O)CCC(=O)/C=C/CN(C)C)CC4)cn3n2)cn1.COC(=O)Nc1cc(C(F)(F)F)c(-c2nc(N3CCCCC3)c3cc(CN4CCN(C(=O)CNC(=O)/C=C/CN(C)C)CC4)cn3n2)cn1. The van der Waals surface area contributed by atoms with Gasteiger partial charge in [0.05, 0.1) is 54.1 Å². The lowest BCUT2D eigenvalue weighted by Crippen LogP contribution is -2.50. The smallest absolute Gasteiger partial charge is 0.417 e. The number of hydrogen-bond donors (Lipinski definition) is 4. The number of methoxy groups -OCH3 is 2. The van der Waals surface area contributed by atoms with Crippen LogP contribution >= 0.6 is 0 Å². The largest absolute Gasteiger partial charge is 0.453 e. The van der Waals surface area contributed by atoms with Crippen molar-refractivity contribution in [3.05, 3.63) is 143 Å². The highest BCUT2D eigenvalue weighted by atomic mass is 19.4. The second-order valence-corrected chi connectivity index (χ2v) is 36.7. The summed E-state index contributed by atoms with van der Waals surface area (Å²) < 4.78 is 141. The number of nitrogens with one attached hydrogen (secondary N) is 3. The predicted molar refractivity (Wildman–Crippen MR) is 518 cm³/mol. The second-order valence-electron chi connectivity index (χ2n) is 36.7. The van der Waals surface area contributed by atoms with Crippen LogP contribution in [-0.4, -0.2) is 351 Å². The third kappa shape index (κ3) is 29.9. The summed E-state index contributed by atoms with van der Waals surface area (Å²) in [6.45, 7) is 14.9. The molecule has 0 atom stereocenters. The number of rotatable bonds is 31. The maximum Gasteiger partial charge on any atom is 0.417 e. The molecule has 47 heteroatoms. The molecule has 770 valence electrons. The van der Waals surface area contributed by atoms with Crippen LogP contribution in [-0.2, 0) is 76.4 Å². The van der Waals surface area contributed by atoms with Gasteiger partial charge < -0.3 is 64.6 Å². The van der Waals surface area contributed by atoms with Crippen molar-refractivity contribution in [3.8, 4) is 34.2 Å². The number of fused-ring (bicyclic) bond motifs is 3. The number of alkyl halides is 9. The van der Waals surface area contributed by atoms with Gasteiger partial charge in [0.25, 0.3) is 0 Å². The Morgan fingerprint density at radius 2 is 0.699 bits per heavy atom. The molecule has 6 amide bonds. The summed E-state index contributed by atoms with van der Waals surface area (Å²) in [7, 11) is 13.7. The van der Waals surface area contributed by atoms with Crippen LogP contribution in [0.15, 0.2) is 110 Å². The number of carbonyl (C=O) groups is 8. The average molecular weight is 2000 g/mol. The maximum atomic E-state index is 14.3. The summed E-state index contributed by atoms with van der Waals surface area (Å²) in [5.41, 5.74) is 6.57. The first-order valence-electron chi connectivity index (χ1n) is 47.7. The Hall–Kier alpha value is -13.4. The number of halogens is 9. The zero-order chi connectivity index (χ0) is 102. The summed E-state index contributed by atoms with van der Waals surface area (Å²) in [6.07, 6.45) is 11.9. The number of anilines is 6. The normalized spacial score (nSPS) is 16.3. The van der Waals surface area contributed by atoms with Crippen LogP contribution in [0.25, 0.3) is 50.7 Å². The van der Waals surface area contributed by atoms with E-state index in [1.54, 1.807) is 64.9 Å². The molecule has 143 heavy (non-hydrogen) atoms. The van der Waals surface area contributed by atoms with Gasteiger partial charge in [0, 0.05) is 226 Å². The summed E-state index contributed by atoms with van der Waals surface area (Å²) in [4.78, 5) is 148. The zero-order valence-electron chi connectivity index (χ0n) is 81.6. The van der Waals surface area contributed by atoms with E-state index >= 15 is 0 Å². The molecule has 0 spiro atoms. The topological polar surface area (TPSA) is 385 Å². The Labute approximate surface area is 821 Å². The molecule has 15 heterocycles. The van der Waals surface area contributed by atoms with Gasteiger partial charge in [0.2, 0.25) is 23.6 Å². The molecule has 0 radical (unpaired) electrons. The fourth-order valence-electron chi connectivity index (χ4n) is 17.5. The van der Waals surface area contributed by atoms with Crippen molar-refractivity contribution in [1.29, 1.82) is 0 Å². The predicted octanol–water partition coefficient (Wildman–Crippen LogP) is 10.4. The van der Waals surface area contributed by atoms with E-state index in [2.05, 4.69) is 100 Å². The summed E-state index contributed by atoms with van der Waals surface area (Å²) >= 11 is 0. The highest BCUT2D eigenvalue weighted by Gasteiger charge is 2.41. The van der Waals surface area contributed by atoms with E-state index in [0.29, 0.717) is 172 Å². The Morgan fingerprint density at radius 1 is 0.392 bits per heavy atom. The van der Waals surface area contributed by atoms with Crippen LogP contribution in [0.4, 0.5) is 84.0 Å². The van der Waals surface area contributed by atoms with E-state index in [4.69, 9.17) is 5.73 Å². The van der Waals surface area contributed by atoms with E-state index in [1.807, 2.05) is 81.4 Å². The van der Waals surface area contributed by atoms with Crippen molar-refractivity contribution in [2.45, 2.75) is 122 Å². The number of carbonyl (C=O) groups excluding carboxylic acids is 8. The van der Waals surface area contributed by atoms with Gasteiger partial charge in [-0.2, -0.15) is 39.5 Å². The summed E-state index contributed by atoms with van der Waals surface area (Å²) in [5, 5.41) is 20.5. The Balaban J connectivity index is 0.000000180. The molecule has 0 aliphatic carbocycles. The van der Waals surface area contributed by atoms with Crippen LogP contribution in [0, 0.1) is 0 Å². The van der Waals surface area contributed by atoms with Gasteiger partial charge in [-0.05, 0) is 165 Å². The summed E-state index contributed by atoms with van der Waals surface area (Å²) in [6, 6.07) is 8.21. The number of allylic oxidation sites excluding steroid dienone is 2. The number of likely N-dealkylation sites (N-methyl/N-ethyl adjacent to an activating group) is 3. The first-order valence-corrected chi connectivity index (χ1v) is 47.7. The number of ether oxygens (including phenoxy) is 2. The van der Waals surface area contributed by atoms with Gasteiger partial charge in [0.15, 0.2) is 46.5 Å². The molecule has 0 saturated carbocycles. The molecule has 0 unspecified atom stereocenters. The average Bonchev–Trinajstić information content (AvgIpc) is 1.66. The van der Waals surface area contributed by atoms with Gasteiger partial charge >= 0.3 is 30.7 Å². The third-order valence-electron chi connectivity index (χ3n) is 24.9. The molecule has 38 nitrogen and oxygen atoms in total. The standard InChI is InChI=1S/C33H42F3N9O4.C32H41F3N10O4.C31H40F3N9O2/c1-41(2)11-7-8-24(46)9-10-29(47)43-16-14-42(15-17-43)21-23-18-27-31(44-12-5-4-6-13-44)39-30(40-45(27)22-23)25-20-37-28(38-32(48)49-3)19-26(25)33(34,35)36;1-41(2)9-7-8-27(46)37-19-28(47)43-14-12-42(13-15-43)20-22-16-25-30(44-10-5-4-6-11-44)39-29(40-45(25)21-22)23-18-36-26(38-31(48)49-3)17-24(23)32(33,34)35;1-39(2)10-6-7-23(44)8-9-28(45)41-15-13-40(14-16-41)20-22-17-26-30(42-11-4-3-5-12-42)37-29(38-43(26)21-22)24-19-36-27(35)18-25(24)31(32,33)34/h7-8,18-20,22H,4-6,9-17,21H2,1-3H3,(H,37,38,48);7-8,16-18,21H,4-6,9-15,19-20H2,1-3H3,(H,37,46)(H,36,38,48);6-7,17-19,21H,3-5,8-16,20H2,1-2H3,(H2,35,36)/b2*8-7+;7-6+. The highest BCUT2D eigenvalue weighted by Crippen LogP contribution is 2.43. The van der Waals surface area contributed by atoms with E-state index in [1.165, 1.54) is 12.2 Å². The van der Waals surface area contributed by atoms with E-state index in [9.17, 15) is 77.9 Å². The molecule has 6 aliphatic rings. The van der Waals surface area contributed by atoms with Crippen molar-refractivity contribution in [3.63, 3.8) is 0 Å². The van der Waals surface area contributed by atoms with Crippen LogP contribution in [0.2, 0.25) is 0 Å². The highest BCUT2D eigenvalue weighted by molar-refractivity contribution is 5.94. The molecule has 6 aliphatic heterocycles. The Morgan fingerprint density at radius 3 is 1.01 bits per heavy atom. The molecule has 6 saturated heterocycles. The number of nitrogen functional groups attached to an aromatic ring is 1. The van der Waals surface area contributed by atoms with Crippen LogP contribution in [0.3, 0.4) is 0 Å². The van der Waals surface area contributed by atoms with Gasteiger partial charge in [-0.25, -0.2) is 53.0 Å². The number of ketones is 2.